The topological polar surface area (TPSA) is 33.2 Å². The van der Waals surface area contributed by atoms with E-state index >= 15 is 0 Å². The molecule has 2 aromatic rings. The SMILES string of the molecule is CCN(C(=O)C1CCC1)[C@@H](c1cccnc1)c1ccc(F)c(F)c1. The predicted molar refractivity (Wildman–Crippen MR) is 87.2 cm³/mol. The number of halogens is 2. The summed E-state index contributed by atoms with van der Waals surface area (Å²) in [6, 6.07) is 6.98. The molecule has 1 heterocycles. The van der Waals surface area contributed by atoms with Crippen molar-refractivity contribution in [2.75, 3.05) is 6.54 Å². The number of hydrogen-bond donors (Lipinski definition) is 0. The summed E-state index contributed by atoms with van der Waals surface area (Å²) in [6.07, 6.45) is 6.18. The Morgan fingerprint density at radius 1 is 1.25 bits per heavy atom. The van der Waals surface area contributed by atoms with Gasteiger partial charge in [0, 0.05) is 24.9 Å². The zero-order valence-corrected chi connectivity index (χ0v) is 13.6. The number of hydrogen-bond acceptors (Lipinski definition) is 2. The van der Waals surface area contributed by atoms with E-state index in [0.29, 0.717) is 12.1 Å². The van der Waals surface area contributed by atoms with Crippen LogP contribution >= 0.6 is 0 Å². The van der Waals surface area contributed by atoms with Crippen molar-refractivity contribution >= 4 is 5.91 Å². The van der Waals surface area contributed by atoms with Crippen LogP contribution in [0.25, 0.3) is 0 Å². The smallest absolute Gasteiger partial charge is 0.226 e. The number of nitrogens with zero attached hydrogens (tertiary/aromatic N) is 2. The van der Waals surface area contributed by atoms with Gasteiger partial charge in [0.15, 0.2) is 11.6 Å². The number of pyridine rings is 1. The molecule has 1 aromatic carbocycles. The summed E-state index contributed by atoms with van der Waals surface area (Å²) in [5, 5.41) is 0. The molecule has 1 atom stereocenters. The third-order valence-electron chi connectivity index (χ3n) is 4.65. The molecule has 1 aliphatic rings. The minimum Gasteiger partial charge on any atom is -0.332 e. The first kappa shape index (κ1) is 16.6. The van der Waals surface area contributed by atoms with Crippen LogP contribution in [0, 0.1) is 17.6 Å². The molecule has 1 aromatic heterocycles. The Hall–Kier alpha value is -2.30. The number of carbonyl (C=O) groups excluding carboxylic acids is 1. The predicted octanol–water partition coefficient (Wildman–Crippen LogP) is 4.10. The Morgan fingerprint density at radius 2 is 2.04 bits per heavy atom. The van der Waals surface area contributed by atoms with Crippen LogP contribution in [-0.2, 0) is 4.79 Å². The Kier molecular flexibility index (Phi) is 4.88. The lowest BCUT2D eigenvalue weighted by molar-refractivity contribution is -0.139. The van der Waals surface area contributed by atoms with Crippen molar-refractivity contribution < 1.29 is 13.6 Å². The molecule has 0 saturated heterocycles. The van der Waals surface area contributed by atoms with Crippen molar-refractivity contribution in [1.29, 1.82) is 0 Å². The summed E-state index contributed by atoms with van der Waals surface area (Å²) in [5.74, 6) is -1.69. The highest BCUT2D eigenvalue weighted by atomic mass is 19.2. The summed E-state index contributed by atoms with van der Waals surface area (Å²) in [7, 11) is 0. The van der Waals surface area contributed by atoms with Gasteiger partial charge in [-0.25, -0.2) is 8.78 Å². The lowest BCUT2D eigenvalue weighted by Crippen LogP contribution is -2.41. The summed E-state index contributed by atoms with van der Waals surface area (Å²) < 4.78 is 27.1. The molecule has 1 aliphatic carbocycles. The van der Waals surface area contributed by atoms with Crippen LogP contribution in [0.5, 0.6) is 0 Å². The summed E-state index contributed by atoms with van der Waals surface area (Å²) >= 11 is 0. The quantitative estimate of drug-likeness (QED) is 0.827. The molecule has 0 aliphatic heterocycles. The summed E-state index contributed by atoms with van der Waals surface area (Å²) in [4.78, 5) is 18.7. The Labute approximate surface area is 140 Å². The van der Waals surface area contributed by atoms with Crippen molar-refractivity contribution in [1.82, 2.24) is 9.88 Å². The molecule has 3 nitrogen and oxygen atoms in total. The number of aromatic nitrogens is 1. The highest BCUT2D eigenvalue weighted by Crippen LogP contribution is 2.34. The molecule has 1 amide bonds. The third-order valence-corrected chi connectivity index (χ3v) is 4.65. The third kappa shape index (κ3) is 3.16. The van der Waals surface area contributed by atoms with Gasteiger partial charge < -0.3 is 4.90 Å². The Balaban J connectivity index is 2.03. The molecular weight excluding hydrogens is 310 g/mol. The average molecular weight is 330 g/mol. The van der Waals surface area contributed by atoms with Crippen molar-refractivity contribution in [2.45, 2.75) is 32.2 Å². The van der Waals surface area contributed by atoms with Gasteiger partial charge in [0.1, 0.15) is 0 Å². The maximum absolute atomic E-state index is 13.8. The van der Waals surface area contributed by atoms with E-state index in [9.17, 15) is 13.6 Å². The van der Waals surface area contributed by atoms with Gasteiger partial charge in [-0.3, -0.25) is 9.78 Å². The van der Waals surface area contributed by atoms with Crippen molar-refractivity contribution in [2.24, 2.45) is 5.92 Å². The molecule has 0 unspecified atom stereocenters. The Morgan fingerprint density at radius 3 is 2.58 bits per heavy atom. The van der Waals surface area contributed by atoms with Gasteiger partial charge in [-0.2, -0.15) is 0 Å². The zero-order chi connectivity index (χ0) is 17.1. The standard InChI is InChI=1S/C19H20F2N2O/c1-2-23(19(24)13-5-3-6-13)18(15-7-4-10-22-12-15)14-8-9-16(20)17(21)11-14/h4,7-13,18H,2-3,5-6H2,1H3/t18-/m1/s1. The molecule has 3 rings (SSSR count). The van der Waals surface area contributed by atoms with Gasteiger partial charge in [0.2, 0.25) is 5.91 Å². The first-order valence-electron chi connectivity index (χ1n) is 8.27. The average Bonchev–Trinajstić information content (AvgIpc) is 2.54. The second-order valence-corrected chi connectivity index (χ2v) is 6.11. The molecule has 0 radical (unpaired) electrons. The van der Waals surface area contributed by atoms with E-state index in [1.165, 1.54) is 12.1 Å². The molecule has 0 spiro atoms. The Bertz CT molecular complexity index is 717. The fourth-order valence-corrected chi connectivity index (χ4v) is 3.13. The maximum Gasteiger partial charge on any atom is 0.226 e. The lowest BCUT2D eigenvalue weighted by atomic mass is 9.83. The van der Waals surface area contributed by atoms with Crippen molar-refractivity contribution in [3.63, 3.8) is 0 Å². The van der Waals surface area contributed by atoms with Crippen LogP contribution in [0.15, 0.2) is 42.7 Å². The maximum atomic E-state index is 13.8. The summed E-state index contributed by atoms with van der Waals surface area (Å²) in [5.41, 5.74) is 1.34. The van der Waals surface area contributed by atoms with Crippen LogP contribution in [-0.4, -0.2) is 22.3 Å². The normalized spacial score (nSPS) is 15.6. The van der Waals surface area contributed by atoms with Crippen LogP contribution in [0.2, 0.25) is 0 Å². The van der Waals surface area contributed by atoms with E-state index in [0.717, 1.165) is 30.9 Å². The molecular formula is C19H20F2N2O. The van der Waals surface area contributed by atoms with Crippen LogP contribution in [0.1, 0.15) is 43.4 Å². The van der Waals surface area contributed by atoms with Crippen LogP contribution < -0.4 is 0 Å². The minimum absolute atomic E-state index is 0.0365. The molecule has 24 heavy (non-hydrogen) atoms. The van der Waals surface area contributed by atoms with E-state index in [1.54, 1.807) is 23.4 Å². The first-order chi connectivity index (χ1) is 11.6. The molecule has 1 fully saturated rings. The van der Waals surface area contributed by atoms with Gasteiger partial charge in [-0.15, -0.1) is 0 Å². The fraction of sp³-hybridized carbons (Fsp3) is 0.368. The fourth-order valence-electron chi connectivity index (χ4n) is 3.13. The van der Waals surface area contributed by atoms with Gasteiger partial charge in [0.25, 0.3) is 0 Å². The summed E-state index contributed by atoms with van der Waals surface area (Å²) in [6.45, 7) is 2.40. The molecule has 0 N–H and O–H groups in total. The van der Waals surface area contributed by atoms with Gasteiger partial charge >= 0.3 is 0 Å². The van der Waals surface area contributed by atoms with E-state index < -0.39 is 17.7 Å². The highest BCUT2D eigenvalue weighted by Gasteiger charge is 2.34. The largest absolute Gasteiger partial charge is 0.332 e. The highest BCUT2D eigenvalue weighted by molar-refractivity contribution is 5.80. The van der Waals surface area contributed by atoms with Crippen LogP contribution in [0.4, 0.5) is 8.78 Å². The second kappa shape index (κ2) is 7.07. The zero-order valence-electron chi connectivity index (χ0n) is 13.6. The van der Waals surface area contributed by atoms with Gasteiger partial charge in [0.05, 0.1) is 6.04 Å². The number of carbonyl (C=O) groups is 1. The molecule has 5 heteroatoms. The number of rotatable bonds is 5. The molecule has 0 bridgehead atoms. The monoisotopic (exact) mass is 330 g/mol. The van der Waals surface area contributed by atoms with E-state index in [2.05, 4.69) is 4.98 Å². The minimum atomic E-state index is -0.909. The van der Waals surface area contributed by atoms with Crippen LogP contribution in [0.3, 0.4) is 0 Å². The molecule has 126 valence electrons. The van der Waals surface area contributed by atoms with E-state index in [1.807, 2.05) is 13.0 Å². The molecule has 1 saturated carbocycles. The number of amides is 1. The van der Waals surface area contributed by atoms with E-state index in [4.69, 9.17) is 0 Å². The van der Waals surface area contributed by atoms with Crippen molar-refractivity contribution in [3.8, 4) is 0 Å². The van der Waals surface area contributed by atoms with Gasteiger partial charge in [-0.1, -0.05) is 18.6 Å². The van der Waals surface area contributed by atoms with Gasteiger partial charge in [-0.05, 0) is 49.1 Å². The second-order valence-electron chi connectivity index (χ2n) is 6.11. The van der Waals surface area contributed by atoms with Crippen molar-refractivity contribution in [3.05, 3.63) is 65.5 Å². The first-order valence-corrected chi connectivity index (χ1v) is 8.27. The number of benzene rings is 1. The lowest BCUT2D eigenvalue weighted by Gasteiger charge is -2.36. The van der Waals surface area contributed by atoms with E-state index in [-0.39, 0.29) is 11.8 Å².